The van der Waals surface area contributed by atoms with Crippen LogP contribution in [0.3, 0.4) is 0 Å². The van der Waals surface area contributed by atoms with E-state index < -0.39 is 12.3 Å². The molecule has 0 bridgehead atoms. The number of carbonyl (C=O) groups excluding carboxylic acids is 1. The predicted molar refractivity (Wildman–Crippen MR) is 88.3 cm³/mol. The van der Waals surface area contributed by atoms with E-state index in [1.54, 1.807) is 13.2 Å². The first-order chi connectivity index (χ1) is 11.6. The van der Waals surface area contributed by atoms with Crippen LogP contribution in [0.25, 0.3) is 11.0 Å². The molecular formula is C15H22N6O3. The van der Waals surface area contributed by atoms with Crippen molar-refractivity contribution >= 4 is 22.8 Å². The summed E-state index contributed by atoms with van der Waals surface area (Å²) in [6.45, 7) is 2.10. The summed E-state index contributed by atoms with van der Waals surface area (Å²) >= 11 is 0. The van der Waals surface area contributed by atoms with Gasteiger partial charge < -0.3 is 30.8 Å². The molecule has 2 aromatic rings. The summed E-state index contributed by atoms with van der Waals surface area (Å²) in [4.78, 5) is 23.1. The number of anilines is 1. The van der Waals surface area contributed by atoms with Crippen molar-refractivity contribution in [1.82, 2.24) is 25.6 Å². The lowest BCUT2D eigenvalue weighted by molar-refractivity contribution is -0.132. The number of ether oxygens (including phenoxy) is 1. The van der Waals surface area contributed by atoms with Crippen molar-refractivity contribution in [2.45, 2.75) is 37.8 Å². The van der Waals surface area contributed by atoms with Gasteiger partial charge in [-0.1, -0.05) is 0 Å². The average molecular weight is 334 g/mol. The number of likely N-dealkylation sites (N-methyl/N-ethyl adjacent to an activating group) is 1. The lowest BCUT2D eigenvalue weighted by Crippen LogP contribution is -2.56. The molecule has 2 aromatic heterocycles. The monoisotopic (exact) mass is 334 g/mol. The van der Waals surface area contributed by atoms with Gasteiger partial charge in [-0.2, -0.15) is 0 Å². The van der Waals surface area contributed by atoms with E-state index in [-0.39, 0.29) is 24.6 Å². The molecule has 4 atom stereocenters. The van der Waals surface area contributed by atoms with Gasteiger partial charge in [0.15, 0.2) is 12.0 Å². The zero-order chi connectivity index (χ0) is 17.1. The molecule has 1 fully saturated rings. The van der Waals surface area contributed by atoms with Crippen molar-refractivity contribution in [1.29, 1.82) is 0 Å². The molecule has 5 N–H and O–H groups in total. The molecule has 24 heavy (non-hydrogen) atoms. The Bertz CT molecular complexity index is 705. The summed E-state index contributed by atoms with van der Waals surface area (Å²) < 4.78 is 5.85. The Hall–Kier alpha value is -2.23. The number of amides is 1. The molecule has 0 aromatic carbocycles. The number of carbonyl (C=O) groups is 1. The maximum absolute atomic E-state index is 11.7. The van der Waals surface area contributed by atoms with E-state index in [1.807, 2.05) is 13.0 Å². The van der Waals surface area contributed by atoms with Crippen LogP contribution in [0, 0.1) is 0 Å². The number of hydrogen-bond donors (Lipinski definition) is 5. The molecule has 0 spiro atoms. The highest BCUT2D eigenvalue weighted by molar-refractivity contribution is 5.85. The average Bonchev–Trinajstić information content (AvgIpc) is 3.02. The highest BCUT2D eigenvalue weighted by atomic mass is 16.5. The van der Waals surface area contributed by atoms with Crippen molar-refractivity contribution in [2.24, 2.45) is 0 Å². The normalized spacial score (nSPS) is 27.1. The first-order valence-electron chi connectivity index (χ1n) is 7.90. The van der Waals surface area contributed by atoms with Crippen LogP contribution in [-0.2, 0) is 9.53 Å². The fourth-order valence-electron chi connectivity index (χ4n) is 2.83. The zero-order valence-corrected chi connectivity index (χ0v) is 13.6. The Kier molecular flexibility index (Phi) is 4.93. The minimum absolute atomic E-state index is 0.125. The summed E-state index contributed by atoms with van der Waals surface area (Å²) in [5.74, 6) is 0.444. The summed E-state index contributed by atoms with van der Waals surface area (Å²) in [5, 5.41) is 19.1. The van der Waals surface area contributed by atoms with Gasteiger partial charge in [-0.15, -0.1) is 0 Å². The lowest BCUT2D eigenvalue weighted by atomic mass is 9.99. The van der Waals surface area contributed by atoms with Crippen molar-refractivity contribution in [3.8, 4) is 0 Å². The van der Waals surface area contributed by atoms with Crippen molar-refractivity contribution in [3.05, 3.63) is 18.6 Å². The highest BCUT2D eigenvalue weighted by Crippen LogP contribution is 2.24. The van der Waals surface area contributed by atoms with Crippen LogP contribution < -0.4 is 16.0 Å². The van der Waals surface area contributed by atoms with Gasteiger partial charge in [0.05, 0.1) is 24.2 Å². The minimum atomic E-state index is -0.777. The quantitative estimate of drug-likeness (QED) is 0.502. The first-order valence-corrected chi connectivity index (χ1v) is 7.90. The third-order valence-corrected chi connectivity index (χ3v) is 4.08. The number of hydrogen-bond acceptors (Lipinski definition) is 7. The summed E-state index contributed by atoms with van der Waals surface area (Å²) in [7, 11) is 1.71. The molecule has 9 heteroatoms. The zero-order valence-electron chi connectivity index (χ0n) is 13.6. The fourth-order valence-corrected chi connectivity index (χ4v) is 2.83. The van der Waals surface area contributed by atoms with Crippen molar-refractivity contribution in [2.75, 3.05) is 18.9 Å². The Morgan fingerprint density at radius 3 is 3.12 bits per heavy atom. The van der Waals surface area contributed by atoms with Crippen LogP contribution in [-0.4, -0.2) is 64.0 Å². The van der Waals surface area contributed by atoms with E-state index in [0.717, 1.165) is 11.0 Å². The van der Waals surface area contributed by atoms with Crippen LogP contribution in [0.1, 0.15) is 13.3 Å². The number of nitrogens with one attached hydrogen (secondary N) is 4. The van der Waals surface area contributed by atoms with E-state index in [4.69, 9.17) is 4.74 Å². The van der Waals surface area contributed by atoms with Gasteiger partial charge in [-0.05, 0) is 20.0 Å². The van der Waals surface area contributed by atoms with Crippen LogP contribution in [0.2, 0.25) is 0 Å². The number of aliphatic hydroxyl groups is 1. The SMILES string of the molecule is CNCC(=O)N[C@@H]1C[C@@H](O)[C@@H](Nc2ncnc3cc[nH]c23)O[C@H]1C. The van der Waals surface area contributed by atoms with E-state index >= 15 is 0 Å². The van der Waals surface area contributed by atoms with Crippen molar-refractivity contribution < 1.29 is 14.6 Å². The number of H-pyrrole nitrogens is 1. The highest BCUT2D eigenvalue weighted by Gasteiger charge is 2.36. The number of aromatic amines is 1. The molecule has 3 heterocycles. The Labute approximate surface area is 139 Å². The molecule has 1 saturated heterocycles. The summed E-state index contributed by atoms with van der Waals surface area (Å²) in [5.41, 5.74) is 1.54. The molecule has 0 unspecified atom stereocenters. The van der Waals surface area contributed by atoms with Gasteiger partial charge in [0.1, 0.15) is 17.9 Å². The van der Waals surface area contributed by atoms with Gasteiger partial charge in [-0.3, -0.25) is 4.79 Å². The van der Waals surface area contributed by atoms with Gasteiger partial charge in [0.2, 0.25) is 5.91 Å². The Morgan fingerprint density at radius 2 is 2.33 bits per heavy atom. The standard InChI is InChI=1S/C15H22N6O3/c1-8-10(20-12(23)6-16-2)5-11(22)15(24-8)21-14-13-9(3-4-17-13)18-7-19-14/h3-4,7-8,10-11,15-17,22H,5-6H2,1-2H3,(H,20,23)(H,18,19,21)/t8-,10+,11+,15-/m0/s1. The predicted octanol–water partition coefficient (Wildman–Crippen LogP) is -0.430. The van der Waals surface area contributed by atoms with Gasteiger partial charge in [0, 0.05) is 12.6 Å². The number of aromatic nitrogens is 3. The van der Waals surface area contributed by atoms with Gasteiger partial charge in [0.25, 0.3) is 0 Å². The molecule has 1 amide bonds. The lowest BCUT2D eigenvalue weighted by Gasteiger charge is -2.38. The number of fused-ring (bicyclic) bond motifs is 1. The molecule has 0 saturated carbocycles. The molecule has 3 rings (SSSR count). The summed E-state index contributed by atoms with van der Waals surface area (Å²) in [6, 6.07) is 1.60. The van der Waals surface area contributed by atoms with Gasteiger partial charge in [-0.25, -0.2) is 9.97 Å². The van der Waals surface area contributed by atoms with E-state index in [0.29, 0.717) is 12.2 Å². The van der Waals surface area contributed by atoms with Crippen LogP contribution in [0.4, 0.5) is 5.82 Å². The number of aliphatic hydroxyl groups excluding tert-OH is 1. The smallest absolute Gasteiger partial charge is 0.234 e. The third-order valence-electron chi connectivity index (χ3n) is 4.08. The fraction of sp³-hybridized carbons (Fsp3) is 0.533. The minimum Gasteiger partial charge on any atom is -0.388 e. The van der Waals surface area contributed by atoms with E-state index in [9.17, 15) is 9.90 Å². The van der Waals surface area contributed by atoms with E-state index in [2.05, 4.69) is 30.9 Å². The molecule has 1 aliphatic heterocycles. The van der Waals surface area contributed by atoms with E-state index in [1.165, 1.54) is 6.33 Å². The molecule has 0 radical (unpaired) electrons. The maximum Gasteiger partial charge on any atom is 0.234 e. The second-order valence-electron chi connectivity index (χ2n) is 5.87. The molecule has 130 valence electrons. The molecular weight excluding hydrogens is 312 g/mol. The maximum atomic E-state index is 11.7. The molecule has 1 aliphatic rings. The third kappa shape index (κ3) is 3.48. The Morgan fingerprint density at radius 1 is 1.50 bits per heavy atom. The van der Waals surface area contributed by atoms with Crippen LogP contribution in [0.15, 0.2) is 18.6 Å². The van der Waals surface area contributed by atoms with Crippen molar-refractivity contribution in [3.63, 3.8) is 0 Å². The molecule has 0 aliphatic carbocycles. The topological polar surface area (TPSA) is 124 Å². The summed E-state index contributed by atoms with van der Waals surface area (Å²) in [6.07, 6.45) is 2.00. The van der Waals surface area contributed by atoms with Crippen LogP contribution in [0.5, 0.6) is 0 Å². The number of rotatable bonds is 5. The van der Waals surface area contributed by atoms with Crippen LogP contribution >= 0.6 is 0 Å². The molecule has 9 nitrogen and oxygen atoms in total. The van der Waals surface area contributed by atoms with Gasteiger partial charge >= 0.3 is 0 Å². The first kappa shape index (κ1) is 16.6. The largest absolute Gasteiger partial charge is 0.388 e. The second-order valence-corrected chi connectivity index (χ2v) is 5.87. The second kappa shape index (κ2) is 7.12. The number of nitrogens with zero attached hydrogens (tertiary/aromatic N) is 2. The Balaban J connectivity index is 1.66.